The summed E-state index contributed by atoms with van der Waals surface area (Å²) < 4.78 is 10.9. The number of phenols is 3. The number of fused-ring (bicyclic) bond motifs is 3. The van der Waals surface area contributed by atoms with E-state index in [1.165, 1.54) is 30.4 Å². The number of benzene rings is 3. The topological polar surface area (TPSA) is 263 Å². The Bertz CT molecular complexity index is 2280. The number of carboxylic acids is 1. The SMILES string of the molecule is O=C(C=Cc1ccc(O)c(CC2=NCN=C2)c1)N1c2cc(OC3(O)OC(CO)C(O)C(O)C3O)c(O)cc2C2C(C3(c4ccccc4O)CCCCC3)C=CC21C(=O)O. The van der Waals surface area contributed by atoms with Crippen LogP contribution in [0.4, 0.5) is 5.69 Å². The molecular formula is C43H45N3O13. The van der Waals surface area contributed by atoms with Gasteiger partial charge in [-0.2, -0.15) is 0 Å². The maximum atomic E-state index is 14.7. The fourth-order valence-electron chi connectivity index (χ4n) is 9.72. The second-order valence-corrected chi connectivity index (χ2v) is 15.8. The number of para-hydroxylation sites is 1. The van der Waals surface area contributed by atoms with E-state index in [9.17, 15) is 55.5 Å². The minimum Gasteiger partial charge on any atom is -0.508 e. The van der Waals surface area contributed by atoms with Crippen LogP contribution in [0.2, 0.25) is 0 Å². The third-order valence-electron chi connectivity index (χ3n) is 12.5. The number of rotatable bonds is 10. The molecule has 1 saturated heterocycles. The van der Waals surface area contributed by atoms with Crippen LogP contribution in [0.15, 0.2) is 82.8 Å². The summed E-state index contributed by atoms with van der Waals surface area (Å²) in [7, 11) is 0. The lowest BCUT2D eigenvalue weighted by atomic mass is 9.57. The van der Waals surface area contributed by atoms with Crippen LogP contribution in [0.25, 0.3) is 6.08 Å². The molecule has 3 heterocycles. The zero-order valence-electron chi connectivity index (χ0n) is 31.7. The molecule has 16 heteroatoms. The zero-order valence-corrected chi connectivity index (χ0v) is 31.7. The number of hydrogen-bond donors (Lipinski definition) is 9. The van der Waals surface area contributed by atoms with Gasteiger partial charge in [0.15, 0.2) is 23.1 Å². The molecule has 1 amide bonds. The molecule has 3 aliphatic heterocycles. The van der Waals surface area contributed by atoms with Crippen molar-refractivity contribution in [1.29, 1.82) is 0 Å². The van der Waals surface area contributed by atoms with Gasteiger partial charge in [0.25, 0.3) is 5.91 Å². The Morgan fingerprint density at radius 2 is 1.71 bits per heavy atom. The fraction of sp³-hybridized carbons (Fsp3) is 0.395. The van der Waals surface area contributed by atoms with Crippen molar-refractivity contribution in [2.24, 2.45) is 15.9 Å². The van der Waals surface area contributed by atoms with Gasteiger partial charge in [-0.25, -0.2) is 4.79 Å². The highest BCUT2D eigenvalue weighted by Gasteiger charge is 2.66. The second-order valence-electron chi connectivity index (χ2n) is 15.8. The van der Waals surface area contributed by atoms with Gasteiger partial charge < -0.3 is 55.4 Å². The first-order chi connectivity index (χ1) is 28.2. The first-order valence-corrected chi connectivity index (χ1v) is 19.4. The highest BCUT2D eigenvalue weighted by atomic mass is 16.8. The van der Waals surface area contributed by atoms with Gasteiger partial charge in [-0.1, -0.05) is 55.7 Å². The molecule has 59 heavy (non-hydrogen) atoms. The van der Waals surface area contributed by atoms with Gasteiger partial charge in [-0.05, 0) is 60.2 Å². The van der Waals surface area contributed by atoms with Gasteiger partial charge >= 0.3 is 11.9 Å². The number of aliphatic hydroxyl groups is 5. The van der Waals surface area contributed by atoms with Crippen molar-refractivity contribution in [1.82, 2.24) is 0 Å². The van der Waals surface area contributed by atoms with Crippen molar-refractivity contribution in [2.75, 3.05) is 18.2 Å². The van der Waals surface area contributed by atoms with Crippen molar-refractivity contribution in [2.45, 2.75) is 85.8 Å². The Labute approximate surface area is 338 Å². The lowest BCUT2D eigenvalue weighted by Crippen LogP contribution is -2.67. The van der Waals surface area contributed by atoms with Gasteiger partial charge in [-0.15, -0.1) is 0 Å². The van der Waals surface area contributed by atoms with Crippen molar-refractivity contribution < 1.29 is 65.0 Å². The number of carbonyl (C=O) groups excluding carboxylic acids is 1. The van der Waals surface area contributed by atoms with Gasteiger partial charge in [0.2, 0.25) is 0 Å². The maximum Gasteiger partial charge on any atom is 0.355 e. The highest BCUT2D eigenvalue weighted by molar-refractivity contribution is 6.32. The summed E-state index contributed by atoms with van der Waals surface area (Å²) in [5, 5.41) is 97.3. The molecule has 0 aromatic heterocycles. The van der Waals surface area contributed by atoms with Crippen molar-refractivity contribution >= 4 is 35.6 Å². The number of amides is 1. The van der Waals surface area contributed by atoms with Gasteiger partial charge in [0.1, 0.15) is 36.5 Å². The number of aliphatic carboxylic acids is 1. The van der Waals surface area contributed by atoms with E-state index in [1.54, 1.807) is 42.6 Å². The van der Waals surface area contributed by atoms with Gasteiger partial charge in [0.05, 0.1) is 18.0 Å². The number of anilines is 1. The summed E-state index contributed by atoms with van der Waals surface area (Å²) in [5.74, 6) is -8.18. The second kappa shape index (κ2) is 15.2. The number of carbonyl (C=O) groups is 2. The molecule has 0 spiro atoms. The Kier molecular flexibility index (Phi) is 10.3. The average molecular weight is 812 g/mol. The van der Waals surface area contributed by atoms with Gasteiger partial charge in [-0.3, -0.25) is 19.7 Å². The minimum atomic E-state index is -3.14. The smallest absolute Gasteiger partial charge is 0.355 e. The summed E-state index contributed by atoms with van der Waals surface area (Å²) in [6, 6.07) is 14.0. The van der Waals surface area contributed by atoms with E-state index >= 15 is 0 Å². The summed E-state index contributed by atoms with van der Waals surface area (Å²) in [4.78, 5) is 38.1. The van der Waals surface area contributed by atoms with E-state index in [0.29, 0.717) is 41.9 Å². The summed E-state index contributed by atoms with van der Waals surface area (Å²) in [5.41, 5.74) is -0.354. The van der Waals surface area contributed by atoms with E-state index in [2.05, 4.69) is 9.98 Å². The molecule has 2 fully saturated rings. The maximum absolute atomic E-state index is 14.7. The molecule has 8 rings (SSSR count). The Balaban J connectivity index is 1.25. The lowest BCUT2D eigenvalue weighted by Gasteiger charge is -2.46. The predicted molar refractivity (Wildman–Crippen MR) is 211 cm³/mol. The molecule has 5 aliphatic rings. The third-order valence-corrected chi connectivity index (χ3v) is 12.5. The quantitative estimate of drug-likeness (QED) is 0.0811. The molecule has 0 radical (unpaired) electrons. The summed E-state index contributed by atoms with van der Waals surface area (Å²) in [6.45, 7) is -0.607. The highest BCUT2D eigenvalue weighted by Crippen LogP contribution is 2.64. The molecule has 9 N–H and O–H groups in total. The van der Waals surface area contributed by atoms with Crippen molar-refractivity contribution in [3.8, 4) is 23.0 Å². The molecule has 0 bridgehead atoms. The molecule has 310 valence electrons. The number of aromatic hydroxyl groups is 3. The molecule has 2 aliphatic carbocycles. The van der Waals surface area contributed by atoms with E-state index < -0.39 is 83.2 Å². The summed E-state index contributed by atoms with van der Waals surface area (Å²) in [6.07, 6.45) is 3.64. The predicted octanol–water partition coefficient (Wildman–Crippen LogP) is 2.38. The van der Waals surface area contributed by atoms with E-state index in [1.807, 2.05) is 6.07 Å². The Hall–Kier alpha value is -5.62. The first kappa shape index (κ1) is 40.2. The molecule has 16 nitrogen and oxygen atoms in total. The van der Waals surface area contributed by atoms with Crippen LogP contribution >= 0.6 is 0 Å². The molecule has 1 saturated carbocycles. The number of allylic oxidation sites excluding steroid dienone is 1. The molecule has 3 aromatic rings. The van der Waals surface area contributed by atoms with Crippen LogP contribution in [-0.2, 0) is 26.2 Å². The van der Waals surface area contributed by atoms with Crippen LogP contribution in [0, 0.1) is 5.92 Å². The van der Waals surface area contributed by atoms with E-state index in [-0.39, 0.29) is 29.2 Å². The van der Waals surface area contributed by atoms with Crippen LogP contribution in [-0.4, -0.2) is 119 Å². The molecule has 8 atom stereocenters. The van der Waals surface area contributed by atoms with Crippen molar-refractivity contribution in [3.05, 3.63) is 95.1 Å². The molecular weight excluding hydrogens is 766 g/mol. The van der Waals surface area contributed by atoms with Crippen LogP contribution in [0.3, 0.4) is 0 Å². The fourth-order valence-corrected chi connectivity index (χ4v) is 9.72. The first-order valence-electron chi connectivity index (χ1n) is 19.4. The monoisotopic (exact) mass is 811 g/mol. The molecule has 8 unspecified atom stereocenters. The van der Waals surface area contributed by atoms with Gasteiger partial charge in [0, 0.05) is 47.2 Å². The normalized spacial score (nSPS) is 30.7. The average Bonchev–Trinajstić information content (AvgIpc) is 3.95. The standard InChI is InChI=1S/C43H45N3O13/c47-21-34-37(52)38(53)39(54)43(57,59-34)58-33-19-29-26(18-32(33)50)36-28(41(13-4-1-5-14-41)27-6-2-3-7-31(27)49)12-15-42(36,40(55)56)46(29)35(51)11-9-23-8-10-30(48)24(16-23)17-25-20-44-22-45-25/h2-3,6-12,15-16,18-20,28,34,36-39,47-50,52-54,57H,1,4-5,13-14,17,21-22H2,(H,55,56). The Morgan fingerprint density at radius 1 is 0.949 bits per heavy atom. The number of aliphatic imine (C=N–C) groups is 2. The Morgan fingerprint density at radius 3 is 2.41 bits per heavy atom. The zero-order chi connectivity index (χ0) is 41.9. The van der Waals surface area contributed by atoms with E-state index in [0.717, 1.165) is 30.2 Å². The molecule has 3 aromatic carbocycles. The van der Waals surface area contributed by atoms with Crippen LogP contribution < -0.4 is 9.64 Å². The number of nitrogens with zero attached hydrogens (tertiary/aromatic N) is 3. The minimum absolute atomic E-state index is 0.00856. The summed E-state index contributed by atoms with van der Waals surface area (Å²) >= 11 is 0. The number of phenolic OH excluding ortho intramolecular Hbond substituents is 3. The third kappa shape index (κ3) is 6.56. The van der Waals surface area contributed by atoms with Crippen molar-refractivity contribution in [3.63, 3.8) is 0 Å². The number of hydrogen-bond acceptors (Lipinski definition) is 14. The van der Waals surface area contributed by atoms with E-state index in [4.69, 9.17) is 9.47 Å². The lowest BCUT2D eigenvalue weighted by molar-refractivity contribution is -0.422. The van der Waals surface area contributed by atoms with Crippen LogP contribution in [0.1, 0.15) is 60.3 Å². The number of ether oxygens (including phenoxy) is 2. The number of aliphatic hydroxyl groups excluding tert-OH is 4. The van der Waals surface area contributed by atoms with Crippen LogP contribution in [0.5, 0.6) is 23.0 Å². The largest absolute Gasteiger partial charge is 0.508 e. The number of carboxylic acid groups (broad SMARTS) is 1.